The summed E-state index contributed by atoms with van der Waals surface area (Å²) in [5, 5.41) is 12.7. The van der Waals surface area contributed by atoms with Crippen LogP contribution in [0.15, 0.2) is 30.5 Å². The molecule has 0 fully saturated rings. The highest BCUT2D eigenvalue weighted by Crippen LogP contribution is 2.17. The molecule has 0 atom stereocenters. The molecule has 2 rings (SSSR count). The summed E-state index contributed by atoms with van der Waals surface area (Å²) in [4.78, 5) is 15.0. The van der Waals surface area contributed by atoms with Crippen molar-refractivity contribution in [1.29, 1.82) is 0 Å². The molecule has 1 aromatic heterocycles. The van der Waals surface area contributed by atoms with E-state index in [4.69, 9.17) is 5.11 Å². The minimum Gasteiger partial charge on any atom is -0.396 e. The number of amides is 1. The van der Waals surface area contributed by atoms with Crippen molar-refractivity contribution in [3.63, 3.8) is 0 Å². The summed E-state index contributed by atoms with van der Waals surface area (Å²) in [6.45, 7) is 0.914. The van der Waals surface area contributed by atoms with E-state index in [0.717, 1.165) is 34.4 Å². The molecule has 0 unspecified atom stereocenters. The van der Waals surface area contributed by atoms with E-state index in [9.17, 15) is 4.79 Å². The van der Waals surface area contributed by atoms with Crippen molar-refractivity contribution in [1.82, 2.24) is 10.3 Å². The average Bonchev–Trinajstić information content (AvgIpc) is 2.86. The summed E-state index contributed by atoms with van der Waals surface area (Å²) in [6, 6.07) is 8.00. The maximum atomic E-state index is 11.9. The van der Waals surface area contributed by atoms with Gasteiger partial charge in [-0.15, -0.1) is 0 Å². The van der Waals surface area contributed by atoms with Crippen LogP contribution in [0.5, 0.6) is 0 Å². The third kappa shape index (κ3) is 4.28. The number of thioether (sulfide) groups is 1. The fourth-order valence-corrected chi connectivity index (χ4v) is 2.83. The van der Waals surface area contributed by atoms with Gasteiger partial charge >= 0.3 is 0 Å². The smallest absolute Gasteiger partial charge is 0.224 e. The summed E-state index contributed by atoms with van der Waals surface area (Å²) in [7, 11) is 0. The number of aliphatic hydroxyl groups is 1. The van der Waals surface area contributed by atoms with Crippen LogP contribution < -0.4 is 5.32 Å². The van der Waals surface area contributed by atoms with Crippen LogP contribution in [0.4, 0.5) is 0 Å². The van der Waals surface area contributed by atoms with Crippen molar-refractivity contribution >= 4 is 28.6 Å². The lowest BCUT2D eigenvalue weighted by atomic mass is 10.1. The van der Waals surface area contributed by atoms with E-state index >= 15 is 0 Å². The molecule has 20 heavy (non-hydrogen) atoms. The second-order valence-electron chi connectivity index (χ2n) is 4.58. The Kier molecular flexibility index (Phi) is 5.95. The van der Waals surface area contributed by atoms with Gasteiger partial charge in [0.05, 0.1) is 6.42 Å². The molecule has 2 aromatic rings. The third-order valence-electron chi connectivity index (χ3n) is 3.04. The quantitative estimate of drug-likeness (QED) is 0.652. The zero-order chi connectivity index (χ0) is 14.2. The molecule has 0 saturated carbocycles. The zero-order valence-corrected chi connectivity index (χ0v) is 12.2. The van der Waals surface area contributed by atoms with Crippen molar-refractivity contribution in [3.05, 3.63) is 36.0 Å². The van der Waals surface area contributed by atoms with E-state index in [2.05, 4.69) is 10.3 Å². The highest BCUT2D eigenvalue weighted by Gasteiger charge is 2.07. The molecule has 0 aliphatic heterocycles. The third-order valence-corrected chi connectivity index (χ3v) is 4.11. The molecule has 0 bridgehead atoms. The largest absolute Gasteiger partial charge is 0.396 e. The number of hydrogen-bond donors (Lipinski definition) is 3. The van der Waals surface area contributed by atoms with Crippen molar-refractivity contribution < 1.29 is 9.90 Å². The van der Waals surface area contributed by atoms with Gasteiger partial charge in [-0.05, 0) is 23.8 Å². The lowest BCUT2D eigenvalue weighted by Gasteiger charge is -2.04. The van der Waals surface area contributed by atoms with Crippen LogP contribution in [0.1, 0.15) is 12.0 Å². The summed E-state index contributed by atoms with van der Waals surface area (Å²) >= 11 is 1.75. The first-order chi connectivity index (χ1) is 9.81. The van der Waals surface area contributed by atoms with Crippen molar-refractivity contribution in [2.75, 3.05) is 24.7 Å². The first-order valence-corrected chi connectivity index (χ1v) is 7.97. The minimum atomic E-state index is 0.0533. The Morgan fingerprint density at radius 1 is 1.30 bits per heavy atom. The molecule has 1 aromatic carbocycles. The fraction of sp³-hybridized carbons (Fsp3) is 0.400. The van der Waals surface area contributed by atoms with Gasteiger partial charge in [0.2, 0.25) is 5.91 Å². The predicted octanol–water partition coefficient (Wildman–Crippen LogP) is 1.94. The lowest BCUT2D eigenvalue weighted by molar-refractivity contribution is -0.120. The Hall–Kier alpha value is -1.46. The maximum Gasteiger partial charge on any atom is 0.224 e. The van der Waals surface area contributed by atoms with Gasteiger partial charge < -0.3 is 15.4 Å². The maximum absolute atomic E-state index is 11.9. The zero-order valence-electron chi connectivity index (χ0n) is 11.4. The Labute approximate surface area is 123 Å². The topological polar surface area (TPSA) is 65.1 Å². The van der Waals surface area contributed by atoms with E-state index in [1.54, 1.807) is 11.8 Å². The van der Waals surface area contributed by atoms with Gasteiger partial charge in [-0.3, -0.25) is 4.79 Å². The Balaban J connectivity index is 1.74. The normalized spacial score (nSPS) is 10.8. The predicted molar refractivity (Wildman–Crippen MR) is 84.0 cm³/mol. The molecule has 5 heteroatoms. The monoisotopic (exact) mass is 292 g/mol. The molecular formula is C15H20N2O2S. The number of carbonyl (C=O) groups excluding carboxylic acids is 1. The van der Waals surface area contributed by atoms with Crippen molar-refractivity contribution in [2.24, 2.45) is 0 Å². The highest BCUT2D eigenvalue weighted by atomic mass is 32.2. The molecule has 3 N–H and O–H groups in total. The van der Waals surface area contributed by atoms with Crippen LogP contribution >= 0.6 is 11.8 Å². The van der Waals surface area contributed by atoms with E-state index < -0.39 is 0 Å². The minimum absolute atomic E-state index is 0.0533. The summed E-state index contributed by atoms with van der Waals surface area (Å²) in [5.74, 6) is 1.88. The molecular weight excluding hydrogens is 272 g/mol. The number of aromatic nitrogens is 1. The lowest BCUT2D eigenvalue weighted by Crippen LogP contribution is -2.27. The number of rotatable bonds is 8. The second kappa shape index (κ2) is 7.97. The first-order valence-electron chi connectivity index (χ1n) is 6.81. The van der Waals surface area contributed by atoms with Crippen LogP contribution in [-0.2, 0) is 11.2 Å². The van der Waals surface area contributed by atoms with E-state index in [1.807, 2.05) is 30.5 Å². The Bertz CT molecular complexity index is 554. The number of fused-ring (bicyclic) bond motifs is 1. The number of para-hydroxylation sites is 1. The van der Waals surface area contributed by atoms with Crippen LogP contribution in [-0.4, -0.2) is 40.7 Å². The van der Waals surface area contributed by atoms with Gasteiger partial charge in [0.25, 0.3) is 0 Å². The number of aromatic amines is 1. The van der Waals surface area contributed by atoms with Gasteiger partial charge in [0, 0.05) is 36.0 Å². The molecule has 4 nitrogen and oxygen atoms in total. The standard InChI is InChI=1S/C15H20N2O2S/c18-7-3-8-20-9-6-16-15(19)10-12-11-17-14-5-2-1-4-13(12)14/h1-2,4-5,11,17-18H,3,6-10H2,(H,16,19). The summed E-state index contributed by atoms with van der Waals surface area (Å²) in [5.41, 5.74) is 2.10. The number of H-pyrrole nitrogens is 1. The summed E-state index contributed by atoms with van der Waals surface area (Å²) in [6.07, 6.45) is 3.12. The average molecular weight is 292 g/mol. The van der Waals surface area contributed by atoms with Crippen LogP contribution in [0.25, 0.3) is 10.9 Å². The van der Waals surface area contributed by atoms with Gasteiger partial charge in [-0.2, -0.15) is 11.8 Å². The van der Waals surface area contributed by atoms with Gasteiger partial charge in [0.1, 0.15) is 0 Å². The number of carbonyl (C=O) groups is 1. The fourth-order valence-electron chi connectivity index (χ4n) is 2.04. The number of aliphatic hydroxyl groups excluding tert-OH is 1. The van der Waals surface area contributed by atoms with Gasteiger partial charge in [0.15, 0.2) is 0 Å². The van der Waals surface area contributed by atoms with Crippen molar-refractivity contribution in [2.45, 2.75) is 12.8 Å². The number of hydrogen-bond acceptors (Lipinski definition) is 3. The first kappa shape index (κ1) is 14.9. The van der Waals surface area contributed by atoms with E-state index in [1.165, 1.54) is 0 Å². The Morgan fingerprint density at radius 2 is 2.15 bits per heavy atom. The van der Waals surface area contributed by atoms with E-state index in [0.29, 0.717) is 13.0 Å². The van der Waals surface area contributed by atoms with Gasteiger partial charge in [-0.1, -0.05) is 18.2 Å². The molecule has 0 aliphatic rings. The molecule has 0 aliphatic carbocycles. The molecule has 108 valence electrons. The highest BCUT2D eigenvalue weighted by molar-refractivity contribution is 7.99. The number of nitrogens with one attached hydrogen (secondary N) is 2. The molecule has 0 spiro atoms. The molecule has 0 radical (unpaired) electrons. The van der Waals surface area contributed by atoms with Gasteiger partial charge in [-0.25, -0.2) is 0 Å². The molecule has 0 saturated heterocycles. The second-order valence-corrected chi connectivity index (χ2v) is 5.80. The van der Waals surface area contributed by atoms with Crippen molar-refractivity contribution in [3.8, 4) is 0 Å². The van der Waals surface area contributed by atoms with Crippen LogP contribution in [0.3, 0.4) is 0 Å². The van der Waals surface area contributed by atoms with Crippen LogP contribution in [0.2, 0.25) is 0 Å². The molecule has 1 heterocycles. The SMILES string of the molecule is O=C(Cc1c[nH]c2ccccc12)NCCSCCCO. The van der Waals surface area contributed by atoms with Crippen LogP contribution in [0, 0.1) is 0 Å². The Morgan fingerprint density at radius 3 is 3.00 bits per heavy atom. The summed E-state index contributed by atoms with van der Waals surface area (Å²) < 4.78 is 0. The molecule has 1 amide bonds. The number of benzene rings is 1. The van der Waals surface area contributed by atoms with E-state index in [-0.39, 0.29) is 12.5 Å².